The maximum atomic E-state index is 12.3. The summed E-state index contributed by atoms with van der Waals surface area (Å²) in [6.07, 6.45) is 3.33. The molecule has 4 rings (SSSR count). The SMILES string of the molecule is Cl.O=C(CCCCN[C@@H]1CCOC1)Nc1cccc(-c2n[nH]c(=O)c3ccccc23)c1. The second kappa shape index (κ2) is 11.0. The Morgan fingerprint density at radius 3 is 2.77 bits per heavy atom. The second-order valence-electron chi connectivity index (χ2n) is 7.55. The van der Waals surface area contributed by atoms with Gasteiger partial charge in [0.1, 0.15) is 0 Å². The minimum atomic E-state index is -0.214. The van der Waals surface area contributed by atoms with Gasteiger partial charge in [0.2, 0.25) is 5.91 Å². The third-order valence-electron chi connectivity index (χ3n) is 5.31. The third-order valence-corrected chi connectivity index (χ3v) is 5.31. The van der Waals surface area contributed by atoms with Crippen LogP contribution in [0.4, 0.5) is 5.69 Å². The molecule has 1 fully saturated rings. The Morgan fingerprint density at radius 2 is 1.97 bits per heavy atom. The summed E-state index contributed by atoms with van der Waals surface area (Å²) in [5, 5.41) is 14.6. The van der Waals surface area contributed by atoms with E-state index in [2.05, 4.69) is 20.8 Å². The van der Waals surface area contributed by atoms with Gasteiger partial charge in [-0.25, -0.2) is 5.10 Å². The quantitative estimate of drug-likeness (QED) is 0.464. The van der Waals surface area contributed by atoms with Crippen molar-refractivity contribution in [2.75, 3.05) is 25.1 Å². The number of ether oxygens (including phenoxy) is 1. The van der Waals surface area contributed by atoms with Crippen LogP contribution in [0.1, 0.15) is 25.7 Å². The van der Waals surface area contributed by atoms with Gasteiger partial charge < -0.3 is 15.4 Å². The van der Waals surface area contributed by atoms with Crippen LogP contribution in [0.25, 0.3) is 22.0 Å². The fraction of sp³-hybridized carbons (Fsp3) is 0.348. The molecule has 2 aromatic carbocycles. The Bertz CT molecular complexity index is 1080. The van der Waals surface area contributed by atoms with Crippen LogP contribution in [-0.2, 0) is 9.53 Å². The van der Waals surface area contributed by atoms with Gasteiger partial charge in [-0.15, -0.1) is 12.4 Å². The maximum absolute atomic E-state index is 12.3. The van der Waals surface area contributed by atoms with Gasteiger partial charge in [-0.2, -0.15) is 5.10 Å². The summed E-state index contributed by atoms with van der Waals surface area (Å²) in [7, 11) is 0. The molecule has 1 aromatic heterocycles. The highest BCUT2D eigenvalue weighted by atomic mass is 35.5. The van der Waals surface area contributed by atoms with Crippen molar-refractivity contribution in [2.24, 2.45) is 0 Å². The molecule has 3 N–H and O–H groups in total. The van der Waals surface area contributed by atoms with E-state index in [1.165, 1.54) is 0 Å². The Morgan fingerprint density at radius 1 is 1.13 bits per heavy atom. The second-order valence-corrected chi connectivity index (χ2v) is 7.55. The first-order valence-corrected chi connectivity index (χ1v) is 10.4. The lowest BCUT2D eigenvalue weighted by atomic mass is 10.0. The first-order chi connectivity index (χ1) is 14.7. The molecule has 7 nitrogen and oxygen atoms in total. The smallest absolute Gasteiger partial charge is 0.272 e. The van der Waals surface area contributed by atoms with E-state index in [1.807, 2.05) is 42.5 Å². The molecule has 3 aromatic rings. The molecule has 8 heteroatoms. The lowest BCUT2D eigenvalue weighted by Crippen LogP contribution is -2.30. The molecule has 164 valence electrons. The number of anilines is 1. The fourth-order valence-corrected chi connectivity index (χ4v) is 3.71. The summed E-state index contributed by atoms with van der Waals surface area (Å²) in [4.78, 5) is 24.3. The highest BCUT2D eigenvalue weighted by Crippen LogP contribution is 2.26. The molecule has 1 saturated heterocycles. The highest BCUT2D eigenvalue weighted by Gasteiger charge is 2.14. The predicted octanol–water partition coefficient (Wildman–Crippen LogP) is 3.50. The van der Waals surface area contributed by atoms with E-state index >= 15 is 0 Å². The number of amides is 1. The number of nitrogens with zero attached hydrogens (tertiary/aromatic N) is 1. The van der Waals surface area contributed by atoms with Gasteiger partial charge in [0.25, 0.3) is 5.56 Å². The van der Waals surface area contributed by atoms with E-state index in [0.717, 1.165) is 55.7 Å². The van der Waals surface area contributed by atoms with Crippen LogP contribution in [-0.4, -0.2) is 41.9 Å². The normalized spacial score (nSPS) is 15.5. The summed E-state index contributed by atoms with van der Waals surface area (Å²) in [5.74, 6) is -0.00404. The Balaban J connectivity index is 0.00000272. The van der Waals surface area contributed by atoms with Gasteiger partial charge in [0.15, 0.2) is 0 Å². The molecule has 0 radical (unpaired) electrons. The van der Waals surface area contributed by atoms with Gasteiger partial charge in [0.05, 0.1) is 17.7 Å². The van der Waals surface area contributed by atoms with Crippen LogP contribution >= 0.6 is 12.4 Å². The van der Waals surface area contributed by atoms with Crippen molar-refractivity contribution in [1.29, 1.82) is 0 Å². The van der Waals surface area contributed by atoms with Crippen LogP contribution in [0.15, 0.2) is 53.3 Å². The monoisotopic (exact) mass is 442 g/mol. The van der Waals surface area contributed by atoms with Crippen molar-refractivity contribution < 1.29 is 9.53 Å². The maximum Gasteiger partial charge on any atom is 0.272 e. The molecule has 1 aliphatic rings. The molecule has 0 unspecified atom stereocenters. The van der Waals surface area contributed by atoms with Crippen molar-refractivity contribution in [1.82, 2.24) is 15.5 Å². The number of hydrogen-bond acceptors (Lipinski definition) is 5. The predicted molar refractivity (Wildman–Crippen MR) is 125 cm³/mol. The highest BCUT2D eigenvalue weighted by molar-refractivity contribution is 5.95. The summed E-state index contributed by atoms with van der Waals surface area (Å²) in [6.45, 7) is 2.53. The van der Waals surface area contributed by atoms with Crippen LogP contribution in [0.2, 0.25) is 0 Å². The van der Waals surface area contributed by atoms with Gasteiger partial charge in [-0.1, -0.05) is 30.3 Å². The summed E-state index contributed by atoms with van der Waals surface area (Å²) in [6, 6.07) is 15.4. The molecule has 2 heterocycles. The number of H-pyrrole nitrogens is 1. The van der Waals surface area contributed by atoms with Crippen molar-refractivity contribution in [2.45, 2.75) is 31.7 Å². The number of halogens is 1. The Kier molecular flexibility index (Phi) is 8.17. The molecule has 1 aliphatic heterocycles. The van der Waals surface area contributed by atoms with E-state index < -0.39 is 0 Å². The molecule has 0 saturated carbocycles. The first-order valence-electron chi connectivity index (χ1n) is 10.4. The lowest BCUT2D eigenvalue weighted by Gasteiger charge is -2.10. The minimum absolute atomic E-state index is 0. The van der Waals surface area contributed by atoms with Crippen LogP contribution in [0.5, 0.6) is 0 Å². The molecule has 1 atom stereocenters. The zero-order chi connectivity index (χ0) is 20.8. The van der Waals surface area contributed by atoms with Crippen molar-refractivity contribution in [3.8, 4) is 11.3 Å². The first kappa shape index (κ1) is 22.9. The number of hydrogen-bond donors (Lipinski definition) is 3. The fourth-order valence-electron chi connectivity index (χ4n) is 3.71. The number of nitrogens with one attached hydrogen (secondary N) is 3. The summed E-state index contributed by atoms with van der Waals surface area (Å²) in [5.41, 5.74) is 2.02. The molecule has 0 bridgehead atoms. The standard InChI is InChI=1S/C23H26N4O3.ClH/c28-21(10-3-4-12-24-18-11-13-30-15-18)25-17-7-5-6-16(14-17)22-19-8-1-2-9-20(19)23(29)27-26-22;/h1-2,5-9,14,18,24H,3-4,10-13,15H2,(H,25,28)(H,27,29);1H/t18-;/m1./s1. The average Bonchev–Trinajstić information content (AvgIpc) is 3.28. The van der Waals surface area contributed by atoms with Gasteiger partial charge in [0, 0.05) is 35.7 Å². The van der Waals surface area contributed by atoms with Gasteiger partial charge in [-0.3, -0.25) is 9.59 Å². The van der Waals surface area contributed by atoms with Crippen LogP contribution in [0.3, 0.4) is 0 Å². The molecular weight excluding hydrogens is 416 g/mol. The van der Waals surface area contributed by atoms with Crippen molar-refractivity contribution in [3.63, 3.8) is 0 Å². The van der Waals surface area contributed by atoms with Crippen molar-refractivity contribution >= 4 is 34.8 Å². The largest absolute Gasteiger partial charge is 0.380 e. The van der Waals surface area contributed by atoms with Crippen LogP contribution in [0, 0.1) is 0 Å². The zero-order valence-electron chi connectivity index (χ0n) is 17.2. The number of rotatable bonds is 8. The number of aromatic nitrogens is 2. The number of carbonyl (C=O) groups excluding carboxylic acids is 1. The topological polar surface area (TPSA) is 96.1 Å². The number of unbranched alkanes of at least 4 members (excludes halogenated alkanes) is 1. The molecule has 0 spiro atoms. The molecule has 1 amide bonds. The Labute approximate surface area is 187 Å². The van der Waals surface area contributed by atoms with Crippen molar-refractivity contribution in [3.05, 3.63) is 58.9 Å². The van der Waals surface area contributed by atoms with E-state index in [1.54, 1.807) is 6.07 Å². The van der Waals surface area contributed by atoms with Gasteiger partial charge in [-0.05, 0) is 44.0 Å². The molecular formula is C23H27ClN4O3. The molecule has 31 heavy (non-hydrogen) atoms. The summed E-state index contributed by atoms with van der Waals surface area (Å²) >= 11 is 0. The molecule has 0 aliphatic carbocycles. The van der Waals surface area contributed by atoms with E-state index in [0.29, 0.717) is 23.5 Å². The zero-order valence-corrected chi connectivity index (χ0v) is 18.0. The average molecular weight is 443 g/mol. The minimum Gasteiger partial charge on any atom is -0.380 e. The Hall–Kier alpha value is -2.74. The lowest BCUT2D eigenvalue weighted by molar-refractivity contribution is -0.116. The third kappa shape index (κ3) is 5.91. The van der Waals surface area contributed by atoms with Crippen LogP contribution < -0.4 is 16.2 Å². The van der Waals surface area contributed by atoms with E-state index in [9.17, 15) is 9.59 Å². The summed E-state index contributed by atoms with van der Waals surface area (Å²) < 4.78 is 5.34. The number of fused-ring (bicyclic) bond motifs is 1. The number of benzene rings is 2. The van der Waals surface area contributed by atoms with Gasteiger partial charge >= 0.3 is 0 Å². The number of carbonyl (C=O) groups is 1. The number of aromatic amines is 1. The van der Waals surface area contributed by atoms with E-state index in [4.69, 9.17) is 4.74 Å². The van der Waals surface area contributed by atoms with E-state index in [-0.39, 0.29) is 23.9 Å².